The summed E-state index contributed by atoms with van der Waals surface area (Å²) >= 11 is 3.45. The van der Waals surface area contributed by atoms with Gasteiger partial charge in [-0.1, -0.05) is 28.1 Å². The summed E-state index contributed by atoms with van der Waals surface area (Å²) in [6, 6.07) is 12.1. The standard InChI is InChI=1S/C27H31BrN2O5/c1-3-35-22-10-7-20(17-18(22)2)25(31)23-24(19-5-8-21(28)9-6-19)30(27(33)26(23)32)12-4-11-29-13-15-34-16-14-29/h5-10,17,24,31H,3-4,11-16H2,1-2H3. The molecule has 0 spiro atoms. The van der Waals surface area contributed by atoms with E-state index < -0.39 is 17.7 Å². The molecule has 2 aromatic carbocycles. The summed E-state index contributed by atoms with van der Waals surface area (Å²) in [6.07, 6.45) is 0.724. The van der Waals surface area contributed by atoms with Gasteiger partial charge in [0.05, 0.1) is 31.4 Å². The highest BCUT2D eigenvalue weighted by Crippen LogP contribution is 2.40. The molecule has 0 aromatic heterocycles. The molecule has 8 heteroatoms. The lowest BCUT2D eigenvalue weighted by Gasteiger charge is -2.29. The van der Waals surface area contributed by atoms with Crippen molar-refractivity contribution in [3.63, 3.8) is 0 Å². The molecular formula is C27H31BrN2O5. The minimum absolute atomic E-state index is 0.118. The number of hydrogen-bond acceptors (Lipinski definition) is 6. The van der Waals surface area contributed by atoms with Crippen molar-refractivity contribution in [1.82, 2.24) is 9.80 Å². The molecule has 2 aliphatic heterocycles. The maximum Gasteiger partial charge on any atom is 0.295 e. The Morgan fingerprint density at radius 1 is 1.11 bits per heavy atom. The second-order valence-corrected chi connectivity index (χ2v) is 9.68. The minimum atomic E-state index is -0.659. The summed E-state index contributed by atoms with van der Waals surface area (Å²) in [7, 11) is 0. The van der Waals surface area contributed by atoms with Crippen molar-refractivity contribution in [2.24, 2.45) is 0 Å². The average Bonchev–Trinajstić information content (AvgIpc) is 3.11. The molecule has 2 aromatic rings. The molecule has 186 valence electrons. The first-order valence-corrected chi connectivity index (χ1v) is 12.8. The number of ketones is 1. The maximum absolute atomic E-state index is 13.2. The number of nitrogens with zero attached hydrogens (tertiary/aromatic N) is 2. The fourth-order valence-corrected chi connectivity index (χ4v) is 4.93. The van der Waals surface area contributed by atoms with Gasteiger partial charge in [-0.05, 0) is 61.7 Å². The second kappa shape index (κ2) is 11.4. The Morgan fingerprint density at radius 3 is 2.49 bits per heavy atom. The molecule has 1 amide bonds. The van der Waals surface area contributed by atoms with Crippen LogP contribution in [0.25, 0.3) is 5.76 Å². The Bertz CT molecular complexity index is 1110. The molecule has 2 fully saturated rings. The van der Waals surface area contributed by atoms with Crippen LogP contribution in [0.2, 0.25) is 0 Å². The number of ether oxygens (including phenoxy) is 2. The lowest BCUT2D eigenvalue weighted by Crippen LogP contribution is -2.38. The number of amides is 1. The Kier molecular flexibility index (Phi) is 8.26. The number of likely N-dealkylation sites (tertiary alicyclic amines) is 1. The molecule has 2 aliphatic rings. The van der Waals surface area contributed by atoms with E-state index in [1.165, 1.54) is 0 Å². The van der Waals surface area contributed by atoms with Crippen LogP contribution in [0.15, 0.2) is 52.5 Å². The summed E-state index contributed by atoms with van der Waals surface area (Å²) in [4.78, 5) is 30.3. The van der Waals surface area contributed by atoms with Gasteiger partial charge in [0.1, 0.15) is 11.5 Å². The summed E-state index contributed by atoms with van der Waals surface area (Å²) in [6.45, 7) is 8.72. The van der Waals surface area contributed by atoms with Crippen molar-refractivity contribution in [2.45, 2.75) is 26.3 Å². The number of rotatable bonds is 8. The Balaban J connectivity index is 1.67. The number of morpholine rings is 1. The number of benzene rings is 2. The van der Waals surface area contributed by atoms with Crippen molar-refractivity contribution < 1.29 is 24.2 Å². The van der Waals surface area contributed by atoms with E-state index in [0.29, 0.717) is 31.9 Å². The number of halogens is 1. The van der Waals surface area contributed by atoms with Crippen LogP contribution >= 0.6 is 15.9 Å². The van der Waals surface area contributed by atoms with Crippen LogP contribution in [0, 0.1) is 6.92 Å². The number of carbonyl (C=O) groups excluding carboxylic acids is 2. The second-order valence-electron chi connectivity index (χ2n) is 8.76. The smallest absolute Gasteiger partial charge is 0.295 e. The van der Waals surface area contributed by atoms with Crippen molar-refractivity contribution >= 4 is 33.4 Å². The fraction of sp³-hybridized carbons (Fsp3) is 0.407. The topological polar surface area (TPSA) is 79.3 Å². The first-order chi connectivity index (χ1) is 16.9. The highest BCUT2D eigenvalue weighted by molar-refractivity contribution is 9.10. The molecule has 2 saturated heterocycles. The van der Waals surface area contributed by atoms with Crippen LogP contribution < -0.4 is 4.74 Å². The Labute approximate surface area is 214 Å². The summed E-state index contributed by atoms with van der Waals surface area (Å²) in [5, 5.41) is 11.3. The molecule has 4 rings (SSSR count). The third-order valence-electron chi connectivity index (χ3n) is 6.45. The van der Waals surface area contributed by atoms with E-state index in [9.17, 15) is 14.7 Å². The molecule has 1 atom stereocenters. The molecule has 1 N–H and O–H groups in total. The lowest BCUT2D eigenvalue weighted by molar-refractivity contribution is -0.140. The SMILES string of the molecule is CCOc1ccc(C(O)=C2C(=O)C(=O)N(CCCN3CCOCC3)C2c2ccc(Br)cc2)cc1C. The molecule has 0 radical (unpaired) electrons. The number of hydrogen-bond donors (Lipinski definition) is 1. The number of carbonyl (C=O) groups is 2. The van der Waals surface area contributed by atoms with Gasteiger partial charge in [0.2, 0.25) is 0 Å². The van der Waals surface area contributed by atoms with E-state index >= 15 is 0 Å². The van der Waals surface area contributed by atoms with Crippen LogP contribution in [-0.2, 0) is 14.3 Å². The van der Waals surface area contributed by atoms with Crippen molar-refractivity contribution in [3.05, 3.63) is 69.2 Å². The van der Waals surface area contributed by atoms with E-state index in [2.05, 4.69) is 20.8 Å². The first kappa shape index (κ1) is 25.4. The van der Waals surface area contributed by atoms with Gasteiger partial charge >= 0.3 is 0 Å². The van der Waals surface area contributed by atoms with Gasteiger partial charge in [0, 0.05) is 36.2 Å². The molecule has 1 unspecified atom stereocenters. The predicted molar refractivity (Wildman–Crippen MR) is 137 cm³/mol. The van der Waals surface area contributed by atoms with E-state index in [1.54, 1.807) is 23.1 Å². The van der Waals surface area contributed by atoms with Gasteiger partial charge in [0.25, 0.3) is 11.7 Å². The van der Waals surface area contributed by atoms with E-state index in [0.717, 1.165) is 47.4 Å². The van der Waals surface area contributed by atoms with Crippen LogP contribution in [0.4, 0.5) is 0 Å². The van der Waals surface area contributed by atoms with E-state index in [-0.39, 0.29) is 11.3 Å². The quantitative estimate of drug-likeness (QED) is 0.304. The van der Waals surface area contributed by atoms with Crippen LogP contribution in [-0.4, -0.2) is 72.6 Å². The van der Waals surface area contributed by atoms with Gasteiger partial charge in [-0.25, -0.2) is 0 Å². The zero-order valence-corrected chi connectivity index (χ0v) is 21.7. The van der Waals surface area contributed by atoms with E-state index in [1.807, 2.05) is 38.1 Å². The molecule has 2 heterocycles. The number of aliphatic hydroxyl groups excluding tert-OH is 1. The lowest BCUT2D eigenvalue weighted by atomic mass is 9.94. The van der Waals surface area contributed by atoms with Gasteiger partial charge in [-0.2, -0.15) is 0 Å². The van der Waals surface area contributed by atoms with E-state index in [4.69, 9.17) is 9.47 Å². The predicted octanol–water partition coefficient (Wildman–Crippen LogP) is 4.30. The Hall–Kier alpha value is -2.68. The molecular weight excluding hydrogens is 512 g/mol. The first-order valence-electron chi connectivity index (χ1n) is 12.0. The molecule has 0 aliphatic carbocycles. The maximum atomic E-state index is 13.2. The monoisotopic (exact) mass is 542 g/mol. The number of aryl methyl sites for hydroxylation is 1. The van der Waals surface area contributed by atoms with Crippen molar-refractivity contribution in [3.8, 4) is 5.75 Å². The fourth-order valence-electron chi connectivity index (χ4n) is 4.66. The number of aliphatic hydroxyl groups is 1. The third-order valence-corrected chi connectivity index (χ3v) is 6.98. The largest absolute Gasteiger partial charge is 0.507 e. The average molecular weight is 543 g/mol. The highest BCUT2D eigenvalue weighted by atomic mass is 79.9. The minimum Gasteiger partial charge on any atom is -0.507 e. The summed E-state index contributed by atoms with van der Waals surface area (Å²) < 4.78 is 11.9. The zero-order chi connectivity index (χ0) is 24.9. The Morgan fingerprint density at radius 2 is 1.83 bits per heavy atom. The van der Waals surface area contributed by atoms with Crippen LogP contribution in [0.3, 0.4) is 0 Å². The van der Waals surface area contributed by atoms with Gasteiger partial charge in [-0.3, -0.25) is 14.5 Å². The van der Waals surface area contributed by atoms with Crippen molar-refractivity contribution in [1.29, 1.82) is 0 Å². The summed E-state index contributed by atoms with van der Waals surface area (Å²) in [5.41, 5.74) is 2.23. The van der Waals surface area contributed by atoms with Crippen LogP contribution in [0.5, 0.6) is 5.75 Å². The zero-order valence-electron chi connectivity index (χ0n) is 20.1. The normalized spacial score (nSPS) is 20.4. The summed E-state index contributed by atoms with van der Waals surface area (Å²) in [5.74, 6) is -0.687. The van der Waals surface area contributed by atoms with Crippen LogP contribution in [0.1, 0.15) is 36.1 Å². The van der Waals surface area contributed by atoms with Gasteiger partial charge in [0.15, 0.2) is 0 Å². The highest BCUT2D eigenvalue weighted by Gasteiger charge is 2.45. The molecule has 7 nitrogen and oxygen atoms in total. The van der Waals surface area contributed by atoms with Gasteiger partial charge < -0.3 is 19.5 Å². The molecule has 0 bridgehead atoms. The molecule has 0 saturated carbocycles. The third kappa shape index (κ3) is 5.60. The van der Waals surface area contributed by atoms with Gasteiger partial charge in [-0.15, -0.1) is 0 Å². The molecule has 35 heavy (non-hydrogen) atoms. The number of Topliss-reactive ketones (excluding diaryl/α,β-unsaturated/α-hetero) is 1. The van der Waals surface area contributed by atoms with Crippen molar-refractivity contribution in [2.75, 3.05) is 46.0 Å².